The first-order valence-corrected chi connectivity index (χ1v) is 6.72. The van der Waals surface area contributed by atoms with E-state index in [9.17, 15) is 4.79 Å². The lowest BCUT2D eigenvalue weighted by atomic mass is 10.1. The molecule has 1 aromatic carbocycles. The Bertz CT molecular complexity index is 635. The quantitative estimate of drug-likeness (QED) is 0.763. The molecule has 6 heteroatoms. The lowest BCUT2D eigenvalue weighted by molar-refractivity contribution is 0.111. The second-order valence-corrected chi connectivity index (χ2v) is 5.09. The van der Waals surface area contributed by atoms with Gasteiger partial charge >= 0.3 is 0 Å². The monoisotopic (exact) mass is 289 g/mol. The van der Waals surface area contributed by atoms with E-state index in [1.807, 2.05) is 12.1 Å². The van der Waals surface area contributed by atoms with Gasteiger partial charge in [0, 0.05) is 6.07 Å². The van der Waals surface area contributed by atoms with Crippen molar-refractivity contribution in [1.82, 2.24) is 15.0 Å². The van der Waals surface area contributed by atoms with Gasteiger partial charge < -0.3 is 9.47 Å². The van der Waals surface area contributed by atoms with Crippen molar-refractivity contribution in [1.29, 1.82) is 0 Å². The molecule has 0 amide bonds. The molecule has 2 aromatic rings. The zero-order valence-corrected chi connectivity index (χ0v) is 12.7. The fraction of sp³-hybridized carbons (Fsp3) is 0.400. The summed E-state index contributed by atoms with van der Waals surface area (Å²) in [6.07, 6.45) is 1.44. The van der Waals surface area contributed by atoms with E-state index in [0.717, 1.165) is 17.7 Å². The minimum Gasteiger partial charge on any atom is -0.497 e. The van der Waals surface area contributed by atoms with Crippen molar-refractivity contribution < 1.29 is 14.3 Å². The Morgan fingerprint density at radius 1 is 1.29 bits per heavy atom. The summed E-state index contributed by atoms with van der Waals surface area (Å²) in [6.45, 7) is 4.16. The molecule has 0 bridgehead atoms. The van der Waals surface area contributed by atoms with Crippen LogP contribution in [0.3, 0.4) is 0 Å². The Kier molecular flexibility index (Phi) is 4.57. The molecule has 0 aliphatic rings. The first kappa shape index (κ1) is 15.0. The molecule has 21 heavy (non-hydrogen) atoms. The zero-order chi connectivity index (χ0) is 15.4. The zero-order valence-electron chi connectivity index (χ0n) is 12.7. The van der Waals surface area contributed by atoms with E-state index in [1.165, 1.54) is 0 Å². The van der Waals surface area contributed by atoms with E-state index in [0.29, 0.717) is 29.5 Å². The summed E-state index contributed by atoms with van der Waals surface area (Å²) >= 11 is 0. The van der Waals surface area contributed by atoms with Crippen LogP contribution in [0.15, 0.2) is 18.2 Å². The molecule has 0 atom stereocenters. The van der Waals surface area contributed by atoms with Crippen molar-refractivity contribution >= 4 is 6.29 Å². The Morgan fingerprint density at radius 3 is 2.62 bits per heavy atom. The lowest BCUT2D eigenvalue weighted by Gasteiger charge is -2.13. The van der Waals surface area contributed by atoms with E-state index >= 15 is 0 Å². The number of carbonyl (C=O) groups excluding carboxylic acids is 1. The predicted molar refractivity (Wildman–Crippen MR) is 78.4 cm³/mol. The topological polar surface area (TPSA) is 66.2 Å². The van der Waals surface area contributed by atoms with Crippen LogP contribution < -0.4 is 9.47 Å². The van der Waals surface area contributed by atoms with Gasteiger partial charge in [0.1, 0.15) is 22.9 Å². The maximum atomic E-state index is 11.1. The summed E-state index contributed by atoms with van der Waals surface area (Å²) < 4.78 is 12.2. The van der Waals surface area contributed by atoms with Crippen LogP contribution in [-0.4, -0.2) is 35.5 Å². The molecule has 1 aromatic heterocycles. The highest BCUT2D eigenvalue weighted by Gasteiger charge is 2.18. The number of benzene rings is 1. The highest BCUT2D eigenvalue weighted by Crippen LogP contribution is 2.29. The van der Waals surface area contributed by atoms with Gasteiger partial charge in [-0.05, 0) is 24.5 Å². The molecule has 6 nitrogen and oxygen atoms in total. The number of ether oxygens (including phenoxy) is 2. The molecule has 0 aliphatic heterocycles. The van der Waals surface area contributed by atoms with Gasteiger partial charge in [0.25, 0.3) is 0 Å². The van der Waals surface area contributed by atoms with Crippen LogP contribution in [0.2, 0.25) is 0 Å². The molecule has 0 N–H and O–H groups in total. The molecule has 2 rings (SSSR count). The van der Waals surface area contributed by atoms with Gasteiger partial charge in [-0.2, -0.15) is 0 Å². The standard InChI is InChI=1S/C15H19N3O3/c1-10(2)7-14-12(9-19)16-17-18(14)13-6-5-11(20-3)8-15(13)21-4/h5-6,8-10H,7H2,1-4H3. The molecule has 0 radical (unpaired) electrons. The fourth-order valence-electron chi connectivity index (χ4n) is 2.14. The van der Waals surface area contributed by atoms with Crippen LogP contribution in [0.5, 0.6) is 11.5 Å². The van der Waals surface area contributed by atoms with Crippen molar-refractivity contribution in [3.63, 3.8) is 0 Å². The number of aldehydes is 1. The largest absolute Gasteiger partial charge is 0.497 e. The van der Waals surface area contributed by atoms with Crippen LogP contribution in [-0.2, 0) is 6.42 Å². The highest BCUT2D eigenvalue weighted by atomic mass is 16.5. The first-order chi connectivity index (χ1) is 10.1. The maximum Gasteiger partial charge on any atom is 0.172 e. The predicted octanol–water partition coefficient (Wildman–Crippen LogP) is 2.30. The second kappa shape index (κ2) is 6.39. The SMILES string of the molecule is COc1ccc(-n2nnc(C=O)c2CC(C)C)c(OC)c1. The second-order valence-electron chi connectivity index (χ2n) is 5.09. The van der Waals surface area contributed by atoms with Crippen LogP contribution in [0.25, 0.3) is 5.69 Å². The van der Waals surface area contributed by atoms with Gasteiger partial charge in [-0.25, -0.2) is 4.68 Å². The van der Waals surface area contributed by atoms with Crippen molar-refractivity contribution in [2.75, 3.05) is 14.2 Å². The van der Waals surface area contributed by atoms with Crippen molar-refractivity contribution in [2.45, 2.75) is 20.3 Å². The van der Waals surface area contributed by atoms with Crippen LogP contribution in [0, 0.1) is 5.92 Å². The molecule has 0 saturated heterocycles. The van der Waals surface area contributed by atoms with Crippen LogP contribution >= 0.6 is 0 Å². The minimum atomic E-state index is 0.363. The summed E-state index contributed by atoms with van der Waals surface area (Å²) in [4.78, 5) is 11.1. The number of carbonyl (C=O) groups is 1. The van der Waals surface area contributed by atoms with Gasteiger partial charge in [-0.15, -0.1) is 5.10 Å². The van der Waals surface area contributed by atoms with Gasteiger partial charge in [0.2, 0.25) is 0 Å². The molecule has 0 unspecified atom stereocenters. The van der Waals surface area contributed by atoms with E-state index < -0.39 is 0 Å². The molecule has 0 fully saturated rings. The number of aromatic nitrogens is 3. The minimum absolute atomic E-state index is 0.363. The average molecular weight is 289 g/mol. The number of nitrogens with zero attached hydrogens (tertiary/aromatic N) is 3. The van der Waals surface area contributed by atoms with E-state index in [1.54, 1.807) is 25.0 Å². The summed E-state index contributed by atoms with van der Waals surface area (Å²) in [6, 6.07) is 5.43. The third-order valence-electron chi connectivity index (χ3n) is 3.12. The van der Waals surface area contributed by atoms with Crippen LogP contribution in [0.4, 0.5) is 0 Å². The maximum absolute atomic E-state index is 11.1. The Labute approximate surface area is 123 Å². The summed E-state index contributed by atoms with van der Waals surface area (Å²) in [5.41, 5.74) is 1.87. The number of hydrogen-bond acceptors (Lipinski definition) is 5. The Morgan fingerprint density at radius 2 is 2.05 bits per heavy atom. The van der Waals surface area contributed by atoms with Crippen molar-refractivity contribution in [2.24, 2.45) is 5.92 Å². The van der Waals surface area contributed by atoms with Crippen molar-refractivity contribution in [3.05, 3.63) is 29.6 Å². The van der Waals surface area contributed by atoms with Crippen LogP contribution in [0.1, 0.15) is 30.0 Å². The van der Waals surface area contributed by atoms with Gasteiger partial charge in [0.15, 0.2) is 6.29 Å². The molecule has 1 heterocycles. The first-order valence-electron chi connectivity index (χ1n) is 6.72. The number of hydrogen-bond donors (Lipinski definition) is 0. The number of rotatable bonds is 6. The molecule has 0 spiro atoms. The molecule has 0 saturated carbocycles. The Hall–Kier alpha value is -2.37. The Balaban J connectivity index is 2.55. The van der Waals surface area contributed by atoms with E-state index in [2.05, 4.69) is 24.2 Å². The van der Waals surface area contributed by atoms with E-state index in [-0.39, 0.29) is 0 Å². The molecule has 0 aliphatic carbocycles. The van der Waals surface area contributed by atoms with Gasteiger partial charge in [-0.3, -0.25) is 4.79 Å². The lowest BCUT2D eigenvalue weighted by Crippen LogP contribution is -2.08. The van der Waals surface area contributed by atoms with Crippen molar-refractivity contribution in [3.8, 4) is 17.2 Å². The van der Waals surface area contributed by atoms with Gasteiger partial charge in [0.05, 0.1) is 19.9 Å². The summed E-state index contributed by atoms with van der Waals surface area (Å²) in [5, 5.41) is 8.03. The molecular formula is C15H19N3O3. The third kappa shape index (κ3) is 3.04. The molecule has 112 valence electrons. The van der Waals surface area contributed by atoms with E-state index in [4.69, 9.17) is 9.47 Å². The highest BCUT2D eigenvalue weighted by molar-refractivity contribution is 5.73. The average Bonchev–Trinajstić information content (AvgIpc) is 2.88. The summed E-state index contributed by atoms with van der Waals surface area (Å²) in [5.74, 6) is 1.68. The molecular weight excluding hydrogens is 270 g/mol. The third-order valence-corrected chi connectivity index (χ3v) is 3.12. The smallest absolute Gasteiger partial charge is 0.172 e. The number of methoxy groups -OCH3 is 2. The van der Waals surface area contributed by atoms with Gasteiger partial charge in [-0.1, -0.05) is 19.1 Å². The summed E-state index contributed by atoms with van der Waals surface area (Å²) in [7, 11) is 3.18. The normalized spacial score (nSPS) is 10.7. The fourth-order valence-corrected chi connectivity index (χ4v) is 2.14.